The number of aromatic nitrogens is 3. The summed E-state index contributed by atoms with van der Waals surface area (Å²) in [5.41, 5.74) is 2.86. The van der Waals surface area contributed by atoms with E-state index in [1.54, 1.807) is 4.68 Å². The van der Waals surface area contributed by atoms with E-state index < -0.39 is 0 Å². The molecule has 1 heterocycles. The Morgan fingerprint density at radius 2 is 1.55 bits per heavy atom. The van der Waals surface area contributed by atoms with Gasteiger partial charge in [-0.25, -0.2) is 4.68 Å². The minimum atomic E-state index is 0.685. The number of benzene rings is 2. The fourth-order valence-corrected chi connectivity index (χ4v) is 1.86. The predicted octanol–water partition coefficient (Wildman–Crippen LogP) is 2.73. The third-order valence-corrected chi connectivity index (χ3v) is 2.83. The molecule has 0 saturated carbocycles. The second kappa shape index (κ2) is 5.85. The molecule has 20 heavy (non-hydrogen) atoms. The van der Waals surface area contributed by atoms with E-state index in [-0.39, 0.29) is 0 Å². The van der Waals surface area contributed by atoms with Crippen molar-refractivity contribution in [3.8, 4) is 11.8 Å². The Kier molecular flexibility index (Phi) is 3.57. The van der Waals surface area contributed by atoms with Crippen LogP contribution in [0.5, 0.6) is 0 Å². The molecule has 96 valence electrons. The summed E-state index contributed by atoms with van der Waals surface area (Å²) in [6, 6.07) is 20.0. The van der Waals surface area contributed by atoms with Crippen molar-refractivity contribution in [3.63, 3.8) is 0 Å². The molecule has 0 aliphatic carbocycles. The molecule has 0 N–H and O–H groups in total. The fraction of sp³-hybridized carbons (Fsp3) is 0.0588. The molecule has 0 spiro atoms. The summed E-state index contributed by atoms with van der Waals surface area (Å²) in [6.07, 6.45) is 1.86. The SMILES string of the molecule is C(#Cc1cn(Cc2ccccc2)nn1)c1ccccc1. The average Bonchev–Trinajstić information content (AvgIpc) is 2.95. The normalized spacial score (nSPS) is 9.80. The van der Waals surface area contributed by atoms with Crippen molar-refractivity contribution in [2.45, 2.75) is 6.54 Å². The van der Waals surface area contributed by atoms with Crippen LogP contribution in [0.4, 0.5) is 0 Å². The maximum absolute atomic E-state index is 4.09. The van der Waals surface area contributed by atoms with Gasteiger partial charge >= 0.3 is 0 Å². The topological polar surface area (TPSA) is 30.7 Å². The molecule has 2 aromatic carbocycles. The van der Waals surface area contributed by atoms with Gasteiger partial charge in [-0.15, -0.1) is 5.10 Å². The van der Waals surface area contributed by atoms with Crippen LogP contribution in [0.1, 0.15) is 16.8 Å². The first-order valence-corrected chi connectivity index (χ1v) is 6.41. The second-order valence-electron chi connectivity index (χ2n) is 4.40. The summed E-state index contributed by atoms with van der Waals surface area (Å²) in [5, 5.41) is 8.15. The second-order valence-corrected chi connectivity index (χ2v) is 4.40. The quantitative estimate of drug-likeness (QED) is 0.662. The van der Waals surface area contributed by atoms with Crippen LogP contribution in [-0.4, -0.2) is 15.0 Å². The molecule has 0 fully saturated rings. The van der Waals surface area contributed by atoms with Crippen molar-refractivity contribution in [2.75, 3.05) is 0 Å². The van der Waals surface area contributed by atoms with E-state index in [0.717, 1.165) is 5.56 Å². The lowest BCUT2D eigenvalue weighted by Gasteiger charge is -1.98. The predicted molar refractivity (Wildman–Crippen MR) is 78.0 cm³/mol. The van der Waals surface area contributed by atoms with Gasteiger partial charge < -0.3 is 0 Å². The Bertz CT molecular complexity index is 734. The van der Waals surface area contributed by atoms with Crippen molar-refractivity contribution in [1.29, 1.82) is 0 Å². The van der Waals surface area contributed by atoms with Crippen molar-refractivity contribution in [2.24, 2.45) is 0 Å². The van der Waals surface area contributed by atoms with Gasteiger partial charge in [-0.3, -0.25) is 0 Å². The van der Waals surface area contributed by atoms with Crippen molar-refractivity contribution in [3.05, 3.63) is 83.7 Å². The largest absolute Gasteiger partial charge is 0.247 e. The van der Waals surface area contributed by atoms with Crippen LogP contribution >= 0.6 is 0 Å². The van der Waals surface area contributed by atoms with E-state index >= 15 is 0 Å². The number of rotatable bonds is 2. The molecule has 3 aromatic rings. The standard InChI is InChI=1S/C17H13N3/c1-3-7-15(8-4-1)11-12-17-14-20(19-18-17)13-16-9-5-2-6-10-16/h1-10,14H,13H2. The molecule has 3 heteroatoms. The lowest BCUT2D eigenvalue weighted by Crippen LogP contribution is -1.99. The molecule has 0 bridgehead atoms. The van der Waals surface area contributed by atoms with E-state index in [4.69, 9.17) is 0 Å². The van der Waals surface area contributed by atoms with Gasteiger partial charge in [0.25, 0.3) is 0 Å². The van der Waals surface area contributed by atoms with Crippen molar-refractivity contribution in [1.82, 2.24) is 15.0 Å². The van der Waals surface area contributed by atoms with E-state index in [9.17, 15) is 0 Å². The zero-order valence-corrected chi connectivity index (χ0v) is 10.9. The van der Waals surface area contributed by atoms with Gasteiger partial charge in [0, 0.05) is 5.56 Å². The smallest absolute Gasteiger partial charge is 0.155 e. The highest BCUT2D eigenvalue weighted by Gasteiger charge is 1.98. The van der Waals surface area contributed by atoms with E-state index in [1.807, 2.05) is 54.7 Å². The van der Waals surface area contributed by atoms with Gasteiger partial charge in [0.2, 0.25) is 0 Å². The molecule has 0 unspecified atom stereocenters. The van der Waals surface area contributed by atoms with Gasteiger partial charge in [0.1, 0.15) is 0 Å². The summed E-state index contributed by atoms with van der Waals surface area (Å²) in [4.78, 5) is 0. The molecule has 0 aliphatic rings. The molecule has 0 saturated heterocycles. The molecule has 3 nitrogen and oxygen atoms in total. The molecule has 1 aromatic heterocycles. The molecular formula is C17H13N3. The van der Waals surface area contributed by atoms with Gasteiger partial charge in [-0.2, -0.15) is 0 Å². The highest BCUT2D eigenvalue weighted by Crippen LogP contribution is 2.02. The molecule has 3 rings (SSSR count). The lowest BCUT2D eigenvalue weighted by atomic mass is 10.2. The van der Waals surface area contributed by atoms with Gasteiger partial charge in [0.15, 0.2) is 5.69 Å². The Morgan fingerprint density at radius 3 is 2.30 bits per heavy atom. The first kappa shape index (κ1) is 12.2. The van der Waals surface area contributed by atoms with Crippen LogP contribution in [0.15, 0.2) is 66.9 Å². The average molecular weight is 259 g/mol. The Labute approximate surface area is 117 Å². The maximum Gasteiger partial charge on any atom is 0.155 e. The highest BCUT2D eigenvalue weighted by molar-refractivity contribution is 5.38. The molecule has 0 radical (unpaired) electrons. The minimum Gasteiger partial charge on any atom is -0.247 e. The van der Waals surface area contributed by atoms with Crippen LogP contribution < -0.4 is 0 Å². The number of nitrogens with zero attached hydrogens (tertiary/aromatic N) is 3. The van der Waals surface area contributed by atoms with Gasteiger partial charge in [-0.1, -0.05) is 59.7 Å². The summed E-state index contributed by atoms with van der Waals surface area (Å²) in [7, 11) is 0. The lowest BCUT2D eigenvalue weighted by molar-refractivity contribution is 0.649. The Morgan fingerprint density at radius 1 is 0.850 bits per heavy atom. The third-order valence-electron chi connectivity index (χ3n) is 2.83. The molecule has 0 atom stereocenters. The molecule has 0 aliphatic heterocycles. The van der Waals surface area contributed by atoms with E-state index in [1.165, 1.54) is 5.56 Å². The highest BCUT2D eigenvalue weighted by atomic mass is 15.4. The summed E-state index contributed by atoms with van der Waals surface area (Å²) in [6.45, 7) is 0.709. The van der Waals surface area contributed by atoms with E-state index in [2.05, 4.69) is 34.3 Å². The van der Waals surface area contributed by atoms with Crippen molar-refractivity contribution >= 4 is 0 Å². The van der Waals surface area contributed by atoms with Gasteiger partial charge in [0.05, 0.1) is 12.7 Å². The summed E-state index contributed by atoms with van der Waals surface area (Å²) >= 11 is 0. The number of hydrogen-bond donors (Lipinski definition) is 0. The molecular weight excluding hydrogens is 246 g/mol. The first-order valence-electron chi connectivity index (χ1n) is 6.41. The van der Waals surface area contributed by atoms with Crippen LogP contribution in [-0.2, 0) is 6.54 Å². The molecule has 0 amide bonds. The van der Waals surface area contributed by atoms with Crippen LogP contribution in [0, 0.1) is 11.8 Å². The summed E-state index contributed by atoms with van der Waals surface area (Å²) < 4.78 is 1.80. The van der Waals surface area contributed by atoms with Crippen LogP contribution in [0.3, 0.4) is 0 Å². The third kappa shape index (κ3) is 3.12. The Hall–Kier alpha value is -2.86. The minimum absolute atomic E-state index is 0.685. The fourth-order valence-electron chi connectivity index (χ4n) is 1.86. The van der Waals surface area contributed by atoms with Crippen LogP contribution in [0.2, 0.25) is 0 Å². The van der Waals surface area contributed by atoms with Gasteiger partial charge in [-0.05, 0) is 23.6 Å². The zero-order chi connectivity index (χ0) is 13.6. The number of hydrogen-bond acceptors (Lipinski definition) is 2. The maximum atomic E-state index is 4.09. The van der Waals surface area contributed by atoms with E-state index in [0.29, 0.717) is 12.2 Å². The van der Waals surface area contributed by atoms with Crippen LogP contribution in [0.25, 0.3) is 0 Å². The zero-order valence-electron chi connectivity index (χ0n) is 10.9. The monoisotopic (exact) mass is 259 g/mol. The Balaban J connectivity index is 1.73. The first-order chi connectivity index (χ1) is 9.90. The summed E-state index contributed by atoms with van der Waals surface area (Å²) in [5.74, 6) is 6.09. The van der Waals surface area contributed by atoms with Crippen molar-refractivity contribution < 1.29 is 0 Å².